The van der Waals surface area contributed by atoms with Crippen LogP contribution >= 0.6 is 11.6 Å². The Morgan fingerprint density at radius 2 is 2.29 bits per heavy atom. The molecule has 1 aromatic heterocycles. The highest BCUT2D eigenvalue weighted by molar-refractivity contribution is 6.35. The summed E-state index contributed by atoms with van der Waals surface area (Å²) in [4.78, 5) is 3.09. The molecule has 2 rings (SSSR count). The van der Waals surface area contributed by atoms with Crippen molar-refractivity contribution in [2.75, 3.05) is 6.61 Å². The van der Waals surface area contributed by atoms with Gasteiger partial charge in [0.2, 0.25) is 0 Å². The molecule has 2 aromatic rings. The van der Waals surface area contributed by atoms with Gasteiger partial charge in [-0.05, 0) is 11.6 Å². The normalized spacial score (nSPS) is 13.4. The zero-order chi connectivity index (χ0) is 10.1. The summed E-state index contributed by atoms with van der Waals surface area (Å²) in [6.45, 7) is 2.12. The highest BCUT2D eigenvalue weighted by Crippen LogP contribution is 2.30. The summed E-state index contributed by atoms with van der Waals surface area (Å²) >= 11 is 6.07. The van der Waals surface area contributed by atoms with Crippen molar-refractivity contribution in [3.8, 4) is 0 Å². The molecule has 1 unspecified atom stereocenters. The van der Waals surface area contributed by atoms with Gasteiger partial charge in [-0.2, -0.15) is 0 Å². The average Bonchev–Trinajstić information content (AvgIpc) is 2.59. The molecule has 2 N–H and O–H groups in total. The van der Waals surface area contributed by atoms with Crippen LogP contribution in [0, 0.1) is 0 Å². The van der Waals surface area contributed by atoms with Crippen LogP contribution < -0.4 is 0 Å². The molecule has 0 saturated carbocycles. The second-order valence-corrected chi connectivity index (χ2v) is 3.90. The van der Waals surface area contributed by atoms with Crippen LogP contribution in [0.2, 0.25) is 5.02 Å². The number of hydrogen-bond donors (Lipinski definition) is 2. The monoisotopic (exact) mass is 209 g/mol. The second kappa shape index (κ2) is 3.64. The average molecular weight is 210 g/mol. The van der Waals surface area contributed by atoms with Gasteiger partial charge in [0.1, 0.15) is 0 Å². The van der Waals surface area contributed by atoms with Crippen molar-refractivity contribution < 1.29 is 5.11 Å². The lowest BCUT2D eigenvalue weighted by Gasteiger charge is -2.09. The van der Waals surface area contributed by atoms with E-state index in [1.165, 1.54) is 0 Å². The van der Waals surface area contributed by atoms with Crippen LogP contribution in [0.5, 0.6) is 0 Å². The Kier molecular flexibility index (Phi) is 2.48. The summed E-state index contributed by atoms with van der Waals surface area (Å²) in [6, 6.07) is 5.95. The number of aliphatic hydroxyl groups excluding tert-OH is 1. The quantitative estimate of drug-likeness (QED) is 0.784. The Bertz CT molecular complexity index is 449. The molecule has 0 aliphatic carbocycles. The van der Waals surface area contributed by atoms with E-state index >= 15 is 0 Å². The molecule has 3 heteroatoms. The van der Waals surface area contributed by atoms with E-state index in [4.69, 9.17) is 16.7 Å². The number of H-pyrrole nitrogens is 1. The molecule has 1 aromatic carbocycles. The van der Waals surface area contributed by atoms with Crippen LogP contribution in [0.15, 0.2) is 24.4 Å². The van der Waals surface area contributed by atoms with Gasteiger partial charge < -0.3 is 10.1 Å². The van der Waals surface area contributed by atoms with Gasteiger partial charge in [-0.1, -0.05) is 30.7 Å². The number of benzene rings is 1. The third-order valence-electron chi connectivity index (χ3n) is 2.49. The van der Waals surface area contributed by atoms with Crippen LogP contribution in [-0.4, -0.2) is 16.7 Å². The Labute approximate surface area is 87.5 Å². The fourth-order valence-electron chi connectivity index (χ4n) is 1.68. The van der Waals surface area contributed by atoms with E-state index in [-0.39, 0.29) is 12.5 Å². The van der Waals surface area contributed by atoms with E-state index < -0.39 is 0 Å². The maximum Gasteiger partial charge on any atom is 0.0662 e. The molecule has 0 aliphatic rings. The largest absolute Gasteiger partial charge is 0.396 e. The number of rotatable bonds is 2. The van der Waals surface area contributed by atoms with Crippen molar-refractivity contribution in [1.82, 2.24) is 4.98 Å². The lowest BCUT2D eigenvalue weighted by molar-refractivity contribution is 0.273. The SMILES string of the molecule is CC(CO)c1cccc2[nH]cc(Cl)c12. The summed E-state index contributed by atoms with van der Waals surface area (Å²) in [5.74, 6) is 0.118. The Hall–Kier alpha value is -0.990. The van der Waals surface area contributed by atoms with Crippen molar-refractivity contribution in [3.05, 3.63) is 35.0 Å². The lowest BCUT2D eigenvalue weighted by atomic mass is 9.98. The van der Waals surface area contributed by atoms with Crippen molar-refractivity contribution in [3.63, 3.8) is 0 Å². The standard InChI is InChI=1S/C11H12ClNO/c1-7(6-14)8-3-2-4-10-11(8)9(12)5-13-10/h2-5,7,13-14H,6H2,1H3. The van der Waals surface area contributed by atoms with Gasteiger partial charge in [0, 0.05) is 29.6 Å². The number of aliphatic hydroxyl groups is 1. The van der Waals surface area contributed by atoms with Gasteiger partial charge >= 0.3 is 0 Å². The highest BCUT2D eigenvalue weighted by atomic mass is 35.5. The molecule has 0 fully saturated rings. The predicted molar refractivity (Wildman–Crippen MR) is 58.8 cm³/mol. The first-order valence-corrected chi connectivity index (χ1v) is 4.98. The molecule has 1 heterocycles. The Morgan fingerprint density at radius 3 is 3.00 bits per heavy atom. The van der Waals surface area contributed by atoms with Crippen LogP contribution in [0.1, 0.15) is 18.4 Å². The third kappa shape index (κ3) is 1.41. The van der Waals surface area contributed by atoms with Gasteiger partial charge in [-0.3, -0.25) is 0 Å². The molecular weight excluding hydrogens is 198 g/mol. The predicted octanol–water partition coefficient (Wildman–Crippen LogP) is 2.92. The summed E-state index contributed by atoms with van der Waals surface area (Å²) in [7, 11) is 0. The highest BCUT2D eigenvalue weighted by Gasteiger charge is 2.11. The number of aromatic amines is 1. The van der Waals surface area contributed by atoms with Gasteiger partial charge in [0.25, 0.3) is 0 Å². The number of halogens is 1. The number of aromatic nitrogens is 1. The van der Waals surface area contributed by atoms with Crippen molar-refractivity contribution in [2.24, 2.45) is 0 Å². The van der Waals surface area contributed by atoms with Gasteiger partial charge in [0.05, 0.1) is 5.02 Å². The molecule has 0 bridgehead atoms. The number of fused-ring (bicyclic) bond motifs is 1. The minimum atomic E-state index is 0.118. The molecule has 0 spiro atoms. The van der Waals surface area contributed by atoms with Crippen molar-refractivity contribution in [1.29, 1.82) is 0 Å². The van der Waals surface area contributed by atoms with E-state index in [0.29, 0.717) is 0 Å². The minimum absolute atomic E-state index is 0.118. The number of hydrogen-bond acceptors (Lipinski definition) is 1. The first-order chi connectivity index (χ1) is 6.74. The first-order valence-electron chi connectivity index (χ1n) is 4.60. The van der Waals surface area contributed by atoms with E-state index in [1.54, 1.807) is 6.20 Å². The van der Waals surface area contributed by atoms with E-state index in [0.717, 1.165) is 21.5 Å². The zero-order valence-corrected chi connectivity index (χ0v) is 8.67. The van der Waals surface area contributed by atoms with Gasteiger partial charge in [-0.15, -0.1) is 0 Å². The summed E-state index contributed by atoms with van der Waals surface area (Å²) in [5.41, 5.74) is 2.11. The fourth-order valence-corrected chi connectivity index (χ4v) is 1.94. The zero-order valence-electron chi connectivity index (χ0n) is 7.92. The van der Waals surface area contributed by atoms with Crippen LogP contribution in [0.3, 0.4) is 0 Å². The Balaban J connectivity index is 2.69. The molecule has 0 aliphatic heterocycles. The third-order valence-corrected chi connectivity index (χ3v) is 2.79. The van der Waals surface area contributed by atoms with Crippen LogP contribution in [-0.2, 0) is 0 Å². The van der Waals surface area contributed by atoms with Crippen molar-refractivity contribution in [2.45, 2.75) is 12.8 Å². The van der Waals surface area contributed by atoms with E-state index in [9.17, 15) is 0 Å². The smallest absolute Gasteiger partial charge is 0.0662 e. The fraction of sp³-hybridized carbons (Fsp3) is 0.273. The Morgan fingerprint density at radius 1 is 1.50 bits per heavy atom. The molecule has 0 amide bonds. The van der Waals surface area contributed by atoms with Crippen LogP contribution in [0.25, 0.3) is 10.9 Å². The second-order valence-electron chi connectivity index (χ2n) is 3.49. The van der Waals surface area contributed by atoms with E-state index in [2.05, 4.69) is 4.98 Å². The van der Waals surface area contributed by atoms with E-state index in [1.807, 2.05) is 25.1 Å². The maximum absolute atomic E-state index is 9.12. The minimum Gasteiger partial charge on any atom is -0.396 e. The maximum atomic E-state index is 9.12. The van der Waals surface area contributed by atoms with Crippen molar-refractivity contribution >= 4 is 22.5 Å². The summed E-state index contributed by atoms with van der Waals surface area (Å²) in [5, 5.41) is 10.9. The molecule has 0 radical (unpaired) electrons. The van der Waals surface area contributed by atoms with Gasteiger partial charge in [-0.25, -0.2) is 0 Å². The first kappa shape index (κ1) is 9.56. The molecular formula is C11H12ClNO. The molecule has 74 valence electrons. The summed E-state index contributed by atoms with van der Waals surface area (Å²) in [6.07, 6.45) is 1.78. The lowest BCUT2D eigenvalue weighted by Crippen LogP contribution is -1.99. The molecule has 14 heavy (non-hydrogen) atoms. The molecule has 2 nitrogen and oxygen atoms in total. The summed E-state index contributed by atoms with van der Waals surface area (Å²) < 4.78 is 0. The molecule has 0 saturated heterocycles. The molecule has 1 atom stereocenters. The topological polar surface area (TPSA) is 36.0 Å². The number of nitrogens with one attached hydrogen (secondary N) is 1. The van der Waals surface area contributed by atoms with Gasteiger partial charge in [0.15, 0.2) is 0 Å². The van der Waals surface area contributed by atoms with Crippen LogP contribution in [0.4, 0.5) is 0 Å².